The molecule has 0 heterocycles. The minimum Gasteiger partial charge on any atom is -0.465 e. The maximum Gasteiger partial charge on any atom is 0.339 e. The average Bonchev–Trinajstić information content (AvgIpc) is 2.50. The third-order valence-electron chi connectivity index (χ3n) is 2.81. The molecule has 112 valence electrons. The number of hydrogen-bond donors (Lipinski definition) is 5. The van der Waals surface area contributed by atoms with Crippen LogP contribution >= 0.6 is 0 Å². The number of carbonyl (C=O) groups excluding carboxylic acids is 1. The Bertz CT molecular complexity index is 439. The van der Waals surface area contributed by atoms with E-state index in [0.29, 0.717) is 11.3 Å². The number of nitrogens with one attached hydrogen (secondary N) is 1. The summed E-state index contributed by atoms with van der Waals surface area (Å²) in [6.07, 6.45) is -4.22. The summed E-state index contributed by atoms with van der Waals surface area (Å²) in [6.45, 7) is -0.761. The first-order valence-corrected chi connectivity index (χ1v) is 6.07. The number of rotatable bonds is 7. The van der Waals surface area contributed by atoms with E-state index in [1.807, 2.05) is 0 Å². The number of hydrogen-bond acceptors (Lipinski definition) is 7. The molecule has 3 atom stereocenters. The van der Waals surface area contributed by atoms with Gasteiger partial charge in [-0.05, 0) is 12.1 Å². The highest BCUT2D eigenvalue weighted by Crippen LogP contribution is 2.16. The largest absolute Gasteiger partial charge is 0.465 e. The van der Waals surface area contributed by atoms with Gasteiger partial charge in [-0.25, -0.2) is 4.79 Å². The number of benzene rings is 1. The lowest BCUT2D eigenvalue weighted by Gasteiger charge is -2.22. The van der Waals surface area contributed by atoms with E-state index in [-0.39, 0.29) is 6.54 Å². The number of aliphatic hydroxyl groups excluding tert-OH is 4. The second-order valence-electron chi connectivity index (χ2n) is 4.23. The third kappa shape index (κ3) is 4.17. The molecule has 0 spiro atoms. The van der Waals surface area contributed by atoms with Gasteiger partial charge >= 0.3 is 5.97 Å². The molecule has 0 aromatic heterocycles. The number of carbonyl (C=O) groups is 1. The van der Waals surface area contributed by atoms with Gasteiger partial charge in [0.1, 0.15) is 12.2 Å². The molecule has 1 rings (SSSR count). The zero-order valence-corrected chi connectivity index (χ0v) is 11.1. The van der Waals surface area contributed by atoms with Crippen LogP contribution in [0.25, 0.3) is 0 Å². The van der Waals surface area contributed by atoms with Gasteiger partial charge in [-0.15, -0.1) is 0 Å². The molecular weight excluding hydrogens is 266 g/mol. The second kappa shape index (κ2) is 7.81. The molecule has 7 heteroatoms. The quantitative estimate of drug-likeness (QED) is 0.406. The summed E-state index contributed by atoms with van der Waals surface area (Å²) in [6, 6.07) is 6.53. The molecule has 7 nitrogen and oxygen atoms in total. The number of para-hydroxylation sites is 1. The molecule has 0 amide bonds. The standard InChI is InChI=1S/C13H19NO6/c1-20-13(19)8-4-2-3-5-9(8)14-6-10(16)12(18)11(17)7-15/h2-5,10-12,14-18H,6-7H2,1H3/t10-,11+,12-/m0/s1. The summed E-state index contributed by atoms with van der Waals surface area (Å²) in [5.74, 6) is -0.529. The van der Waals surface area contributed by atoms with Crippen LogP contribution in [-0.2, 0) is 4.74 Å². The van der Waals surface area contributed by atoms with Gasteiger partial charge < -0.3 is 30.5 Å². The van der Waals surface area contributed by atoms with Crippen LogP contribution in [0.1, 0.15) is 10.4 Å². The van der Waals surface area contributed by atoms with Crippen molar-refractivity contribution in [2.45, 2.75) is 18.3 Å². The van der Waals surface area contributed by atoms with Crippen LogP contribution in [-0.4, -0.2) is 65.0 Å². The molecule has 0 aliphatic carbocycles. The van der Waals surface area contributed by atoms with Gasteiger partial charge in [-0.3, -0.25) is 0 Å². The maximum absolute atomic E-state index is 11.5. The summed E-state index contributed by atoms with van der Waals surface area (Å²) in [5, 5.41) is 39.8. The molecule has 0 fully saturated rings. The summed E-state index contributed by atoms with van der Waals surface area (Å²) in [5.41, 5.74) is 0.725. The highest BCUT2D eigenvalue weighted by atomic mass is 16.5. The molecule has 0 aliphatic rings. The molecule has 0 bridgehead atoms. The third-order valence-corrected chi connectivity index (χ3v) is 2.81. The van der Waals surface area contributed by atoms with Crippen LogP contribution in [0.5, 0.6) is 0 Å². The highest BCUT2D eigenvalue weighted by molar-refractivity contribution is 5.95. The molecule has 0 saturated heterocycles. The highest BCUT2D eigenvalue weighted by Gasteiger charge is 2.24. The molecule has 0 radical (unpaired) electrons. The Balaban J connectivity index is 2.68. The first kappa shape index (κ1) is 16.4. The minimum absolute atomic E-state index is 0.105. The number of ether oxygens (including phenoxy) is 1. The van der Waals surface area contributed by atoms with Crippen molar-refractivity contribution < 1.29 is 30.0 Å². The smallest absolute Gasteiger partial charge is 0.339 e. The zero-order valence-electron chi connectivity index (χ0n) is 11.1. The Labute approximate surface area is 116 Å². The van der Waals surface area contributed by atoms with E-state index < -0.39 is 30.9 Å². The fourth-order valence-electron chi connectivity index (χ4n) is 1.62. The first-order chi connectivity index (χ1) is 9.51. The Morgan fingerprint density at radius 1 is 1.25 bits per heavy atom. The van der Waals surface area contributed by atoms with Crippen molar-refractivity contribution >= 4 is 11.7 Å². The zero-order chi connectivity index (χ0) is 15.1. The van der Waals surface area contributed by atoms with E-state index in [1.54, 1.807) is 24.3 Å². The summed E-state index contributed by atoms with van der Waals surface area (Å²) in [7, 11) is 1.26. The molecule has 0 unspecified atom stereocenters. The van der Waals surface area contributed by atoms with E-state index >= 15 is 0 Å². The minimum atomic E-state index is -1.49. The van der Waals surface area contributed by atoms with Gasteiger partial charge in [0.25, 0.3) is 0 Å². The van der Waals surface area contributed by atoms with Crippen LogP contribution in [0.15, 0.2) is 24.3 Å². The van der Waals surface area contributed by atoms with Gasteiger partial charge in [0, 0.05) is 12.2 Å². The van der Waals surface area contributed by atoms with E-state index in [4.69, 9.17) is 5.11 Å². The van der Waals surface area contributed by atoms with E-state index in [9.17, 15) is 20.1 Å². The van der Waals surface area contributed by atoms with Crippen molar-refractivity contribution in [2.24, 2.45) is 0 Å². The van der Waals surface area contributed by atoms with Gasteiger partial charge in [0.2, 0.25) is 0 Å². The van der Waals surface area contributed by atoms with Crippen LogP contribution < -0.4 is 5.32 Å². The van der Waals surface area contributed by atoms with E-state index in [1.165, 1.54) is 7.11 Å². The van der Waals surface area contributed by atoms with Gasteiger partial charge in [-0.2, -0.15) is 0 Å². The van der Waals surface area contributed by atoms with Crippen LogP contribution in [0, 0.1) is 0 Å². The van der Waals surface area contributed by atoms with Crippen molar-refractivity contribution in [3.63, 3.8) is 0 Å². The second-order valence-corrected chi connectivity index (χ2v) is 4.23. The SMILES string of the molecule is COC(=O)c1ccccc1NC[C@H](O)[C@H](O)[C@H](O)CO. The maximum atomic E-state index is 11.5. The first-order valence-electron chi connectivity index (χ1n) is 6.07. The van der Waals surface area contributed by atoms with Gasteiger partial charge in [0.15, 0.2) is 0 Å². The Morgan fingerprint density at radius 2 is 1.90 bits per heavy atom. The lowest BCUT2D eigenvalue weighted by atomic mass is 10.1. The predicted octanol–water partition coefficient (Wildman–Crippen LogP) is -1.04. The molecular formula is C13H19NO6. The number of anilines is 1. The molecule has 5 N–H and O–H groups in total. The van der Waals surface area contributed by atoms with Crippen molar-refractivity contribution in [1.29, 1.82) is 0 Å². The van der Waals surface area contributed by atoms with Crippen molar-refractivity contribution in [1.82, 2.24) is 0 Å². The molecule has 0 saturated carbocycles. The van der Waals surface area contributed by atoms with Crippen molar-refractivity contribution in [3.8, 4) is 0 Å². The average molecular weight is 285 g/mol. The van der Waals surface area contributed by atoms with Gasteiger partial charge in [0.05, 0.1) is 25.4 Å². The van der Waals surface area contributed by atoms with E-state index in [2.05, 4.69) is 10.1 Å². The number of esters is 1. The molecule has 20 heavy (non-hydrogen) atoms. The summed E-state index contributed by atoms with van der Waals surface area (Å²) < 4.78 is 4.62. The molecule has 0 aliphatic heterocycles. The lowest BCUT2D eigenvalue weighted by molar-refractivity contribution is -0.0715. The predicted molar refractivity (Wildman–Crippen MR) is 71.4 cm³/mol. The fraction of sp³-hybridized carbons (Fsp3) is 0.462. The Hall–Kier alpha value is -1.67. The number of aliphatic hydroxyl groups is 4. The molecule has 1 aromatic rings. The number of methoxy groups -OCH3 is 1. The van der Waals surface area contributed by atoms with Gasteiger partial charge in [-0.1, -0.05) is 12.1 Å². The van der Waals surface area contributed by atoms with E-state index in [0.717, 1.165) is 0 Å². The van der Waals surface area contributed by atoms with Crippen molar-refractivity contribution in [3.05, 3.63) is 29.8 Å². The summed E-state index contributed by atoms with van der Waals surface area (Å²) in [4.78, 5) is 11.5. The van der Waals surface area contributed by atoms with Crippen LogP contribution in [0.3, 0.4) is 0 Å². The lowest BCUT2D eigenvalue weighted by Crippen LogP contribution is -2.43. The molecule has 1 aromatic carbocycles. The Kier molecular flexibility index (Phi) is 6.40. The van der Waals surface area contributed by atoms with Crippen LogP contribution in [0.4, 0.5) is 5.69 Å². The fourth-order valence-corrected chi connectivity index (χ4v) is 1.62. The monoisotopic (exact) mass is 285 g/mol. The summed E-state index contributed by atoms with van der Waals surface area (Å²) >= 11 is 0. The normalized spacial score (nSPS) is 15.2. The van der Waals surface area contributed by atoms with Crippen molar-refractivity contribution in [2.75, 3.05) is 25.6 Å². The topological polar surface area (TPSA) is 119 Å². The Morgan fingerprint density at radius 3 is 2.50 bits per heavy atom. The van der Waals surface area contributed by atoms with Crippen LogP contribution in [0.2, 0.25) is 0 Å².